The lowest BCUT2D eigenvalue weighted by Crippen LogP contribution is -2.41. The number of nitrogens with zero attached hydrogens (tertiary/aromatic N) is 5. The summed E-state index contributed by atoms with van der Waals surface area (Å²) in [7, 11) is 0. The third-order valence-corrected chi connectivity index (χ3v) is 4.51. The molecule has 1 saturated heterocycles. The molecule has 1 aliphatic heterocycles. The van der Waals surface area contributed by atoms with Crippen LogP contribution in [0, 0.1) is 13.8 Å². The number of ether oxygens (including phenoxy) is 1. The summed E-state index contributed by atoms with van der Waals surface area (Å²) in [5.74, 6) is -0.0286. The summed E-state index contributed by atoms with van der Waals surface area (Å²) in [6.07, 6.45) is 5.28. The zero-order chi connectivity index (χ0) is 17.4. The van der Waals surface area contributed by atoms with Crippen LogP contribution in [0.5, 0.6) is 0 Å². The number of amides is 1. The van der Waals surface area contributed by atoms with Crippen LogP contribution in [0.1, 0.15) is 21.9 Å². The molecule has 1 amide bonds. The van der Waals surface area contributed by atoms with E-state index in [2.05, 4.69) is 15.0 Å². The van der Waals surface area contributed by atoms with Gasteiger partial charge >= 0.3 is 0 Å². The van der Waals surface area contributed by atoms with Crippen molar-refractivity contribution < 1.29 is 9.53 Å². The summed E-state index contributed by atoms with van der Waals surface area (Å²) in [6, 6.07) is 3.84. The van der Waals surface area contributed by atoms with Gasteiger partial charge in [0.25, 0.3) is 5.91 Å². The number of aromatic nitrogens is 4. The van der Waals surface area contributed by atoms with Crippen LogP contribution in [0.4, 0.5) is 0 Å². The maximum Gasteiger partial charge on any atom is 0.272 e. The molecule has 1 aliphatic rings. The number of carbonyl (C=O) groups excluding carboxylic acids is 1. The SMILES string of the molecule is Cc1ncc(-c2ccc3ncc(C(=O)N4CCOCC4)n3c2)nc1C. The van der Waals surface area contributed by atoms with E-state index in [1.165, 1.54) is 0 Å². The highest BCUT2D eigenvalue weighted by Gasteiger charge is 2.21. The van der Waals surface area contributed by atoms with Crippen molar-refractivity contribution >= 4 is 11.6 Å². The number of imidazole rings is 1. The highest BCUT2D eigenvalue weighted by molar-refractivity contribution is 5.93. The standard InChI is InChI=1S/C18H19N5O2/c1-12-13(2)21-15(9-19-12)14-3-4-17-20-10-16(23(17)11-14)18(24)22-5-7-25-8-6-22/h3-4,9-11H,5-8H2,1-2H3. The van der Waals surface area contributed by atoms with E-state index in [0.717, 1.165) is 28.3 Å². The Morgan fingerprint density at radius 3 is 2.64 bits per heavy atom. The number of aryl methyl sites for hydroxylation is 2. The molecule has 0 unspecified atom stereocenters. The second-order valence-corrected chi connectivity index (χ2v) is 6.12. The van der Waals surface area contributed by atoms with E-state index < -0.39 is 0 Å². The molecule has 0 atom stereocenters. The van der Waals surface area contributed by atoms with Gasteiger partial charge in [0.05, 0.1) is 42.7 Å². The van der Waals surface area contributed by atoms with Crippen molar-refractivity contribution in [2.45, 2.75) is 13.8 Å². The second-order valence-electron chi connectivity index (χ2n) is 6.12. The molecule has 4 rings (SSSR count). The van der Waals surface area contributed by atoms with Crippen LogP contribution in [0.25, 0.3) is 16.9 Å². The van der Waals surface area contributed by atoms with Gasteiger partial charge in [-0.2, -0.15) is 0 Å². The average Bonchev–Trinajstić information content (AvgIpc) is 3.07. The Labute approximate surface area is 145 Å². The Bertz CT molecular complexity index is 944. The van der Waals surface area contributed by atoms with Gasteiger partial charge in [-0.25, -0.2) is 9.97 Å². The van der Waals surface area contributed by atoms with E-state index in [0.29, 0.717) is 32.0 Å². The van der Waals surface area contributed by atoms with E-state index in [-0.39, 0.29) is 5.91 Å². The normalized spacial score (nSPS) is 14.9. The average molecular weight is 337 g/mol. The fourth-order valence-corrected chi connectivity index (χ4v) is 2.90. The summed E-state index contributed by atoms with van der Waals surface area (Å²) >= 11 is 0. The predicted octanol–water partition coefficient (Wildman–Crippen LogP) is 1.88. The second kappa shape index (κ2) is 6.25. The van der Waals surface area contributed by atoms with Crippen molar-refractivity contribution in [3.05, 3.63) is 47.8 Å². The van der Waals surface area contributed by atoms with Crippen molar-refractivity contribution in [3.63, 3.8) is 0 Å². The van der Waals surface area contributed by atoms with E-state index in [1.54, 1.807) is 17.3 Å². The minimum atomic E-state index is -0.0286. The maximum absolute atomic E-state index is 12.8. The summed E-state index contributed by atoms with van der Waals surface area (Å²) in [4.78, 5) is 27.9. The number of morpholine rings is 1. The van der Waals surface area contributed by atoms with E-state index >= 15 is 0 Å². The van der Waals surface area contributed by atoms with E-state index in [4.69, 9.17) is 4.74 Å². The Kier molecular flexibility index (Phi) is 3.93. The van der Waals surface area contributed by atoms with Gasteiger partial charge in [0.15, 0.2) is 0 Å². The Morgan fingerprint density at radius 1 is 1.08 bits per heavy atom. The number of fused-ring (bicyclic) bond motifs is 1. The molecule has 0 aliphatic carbocycles. The fourth-order valence-electron chi connectivity index (χ4n) is 2.90. The van der Waals surface area contributed by atoms with Crippen LogP contribution in [0.3, 0.4) is 0 Å². The van der Waals surface area contributed by atoms with Crippen LogP contribution in [-0.2, 0) is 4.74 Å². The molecule has 0 bridgehead atoms. The van der Waals surface area contributed by atoms with Crippen LogP contribution in [0.15, 0.2) is 30.7 Å². The molecular formula is C18H19N5O2. The molecule has 0 spiro atoms. The molecule has 0 aromatic carbocycles. The third-order valence-electron chi connectivity index (χ3n) is 4.51. The van der Waals surface area contributed by atoms with Crippen molar-refractivity contribution in [3.8, 4) is 11.3 Å². The van der Waals surface area contributed by atoms with Gasteiger partial charge in [-0.3, -0.25) is 14.2 Å². The Balaban J connectivity index is 1.74. The molecule has 7 nitrogen and oxygen atoms in total. The van der Waals surface area contributed by atoms with Gasteiger partial charge < -0.3 is 9.64 Å². The topological polar surface area (TPSA) is 72.6 Å². The van der Waals surface area contributed by atoms with Crippen LogP contribution in [0.2, 0.25) is 0 Å². The highest BCUT2D eigenvalue weighted by atomic mass is 16.5. The summed E-state index contributed by atoms with van der Waals surface area (Å²) in [5, 5.41) is 0. The lowest BCUT2D eigenvalue weighted by Gasteiger charge is -2.26. The van der Waals surface area contributed by atoms with E-state index in [1.807, 2.05) is 36.6 Å². The van der Waals surface area contributed by atoms with Gasteiger partial charge in [-0.15, -0.1) is 0 Å². The smallest absolute Gasteiger partial charge is 0.272 e. The van der Waals surface area contributed by atoms with Gasteiger partial charge in [-0.05, 0) is 26.0 Å². The minimum Gasteiger partial charge on any atom is -0.378 e. The lowest BCUT2D eigenvalue weighted by molar-refractivity contribution is 0.0298. The molecule has 4 heterocycles. The first kappa shape index (κ1) is 15.7. The molecule has 0 saturated carbocycles. The van der Waals surface area contributed by atoms with Gasteiger partial charge in [-0.1, -0.05) is 0 Å². The van der Waals surface area contributed by atoms with E-state index in [9.17, 15) is 4.79 Å². The number of hydrogen-bond donors (Lipinski definition) is 0. The predicted molar refractivity (Wildman–Crippen MR) is 92.4 cm³/mol. The first-order chi connectivity index (χ1) is 12.1. The molecule has 128 valence electrons. The minimum absolute atomic E-state index is 0.0286. The van der Waals surface area contributed by atoms with Crippen LogP contribution in [-0.4, -0.2) is 56.5 Å². The fraction of sp³-hybridized carbons (Fsp3) is 0.333. The molecule has 3 aromatic heterocycles. The zero-order valence-corrected chi connectivity index (χ0v) is 14.3. The van der Waals surface area contributed by atoms with Crippen molar-refractivity contribution in [1.29, 1.82) is 0 Å². The number of rotatable bonds is 2. The van der Waals surface area contributed by atoms with Crippen molar-refractivity contribution in [2.75, 3.05) is 26.3 Å². The summed E-state index contributed by atoms with van der Waals surface area (Å²) in [6.45, 7) is 6.24. The first-order valence-corrected chi connectivity index (χ1v) is 8.28. The third kappa shape index (κ3) is 2.87. The Hall–Kier alpha value is -2.80. The largest absolute Gasteiger partial charge is 0.378 e. The summed E-state index contributed by atoms with van der Waals surface area (Å²) < 4.78 is 7.14. The molecule has 3 aromatic rings. The van der Waals surface area contributed by atoms with Crippen LogP contribution < -0.4 is 0 Å². The zero-order valence-electron chi connectivity index (χ0n) is 14.3. The molecule has 25 heavy (non-hydrogen) atoms. The number of hydrogen-bond acceptors (Lipinski definition) is 5. The van der Waals surface area contributed by atoms with Crippen molar-refractivity contribution in [2.24, 2.45) is 0 Å². The molecule has 0 N–H and O–H groups in total. The van der Waals surface area contributed by atoms with Gasteiger partial charge in [0.2, 0.25) is 0 Å². The molecule has 0 radical (unpaired) electrons. The summed E-state index contributed by atoms with van der Waals surface area (Å²) in [5.41, 5.74) is 4.77. The maximum atomic E-state index is 12.8. The van der Waals surface area contributed by atoms with Gasteiger partial charge in [0.1, 0.15) is 11.3 Å². The monoisotopic (exact) mass is 337 g/mol. The number of carbonyl (C=O) groups is 1. The number of pyridine rings is 1. The highest BCUT2D eigenvalue weighted by Crippen LogP contribution is 2.20. The molecule has 1 fully saturated rings. The van der Waals surface area contributed by atoms with Crippen molar-refractivity contribution in [1.82, 2.24) is 24.3 Å². The quantitative estimate of drug-likeness (QED) is 0.714. The Morgan fingerprint density at radius 2 is 1.88 bits per heavy atom. The molecular weight excluding hydrogens is 318 g/mol. The lowest BCUT2D eigenvalue weighted by atomic mass is 10.2. The first-order valence-electron chi connectivity index (χ1n) is 8.28. The van der Waals surface area contributed by atoms with Gasteiger partial charge in [0, 0.05) is 24.8 Å². The van der Waals surface area contributed by atoms with Crippen LogP contribution >= 0.6 is 0 Å². The molecule has 7 heteroatoms.